The second-order valence-electron chi connectivity index (χ2n) is 8.89. The number of nitrogens with one attached hydrogen (secondary N) is 1. The Bertz CT molecular complexity index is 1190. The number of sulfonamides is 1. The molecule has 0 radical (unpaired) electrons. The minimum atomic E-state index is -3.99. The number of benzene rings is 2. The van der Waals surface area contributed by atoms with Gasteiger partial charge in [0.25, 0.3) is 5.69 Å². The van der Waals surface area contributed by atoms with Crippen LogP contribution in [0.4, 0.5) is 11.4 Å². The number of nitrogens with zero attached hydrogens (tertiary/aromatic N) is 3. The van der Waals surface area contributed by atoms with Crippen LogP contribution in [0.15, 0.2) is 48.5 Å². The molecule has 2 aromatic carbocycles. The highest BCUT2D eigenvalue weighted by atomic mass is 32.2. The summed E-state index contributed by atoms with van der Waals surface area (Å²) in [5.74, 6) is -0.862. The van der Waals surface area contributed by atoms with E-state index < -0.39 is 33.4 Å². The Hall–Kier alpha value is -3.47. The van der Waals surface area contributed by atoms with Gasteiger partial charge in [-0.05, 0) is 37.3 Å². The summed E-state index contributed by atoms with van der Waals surface area (Å²) < 4.78 is 26.4. The zero-order valence-electron chi connectivity index (χ0n) is 21.8. The van der Waals surface area contributed by atoms with Gasteiger partial charge < -0.3 is 10.2 Å². The monoisotopic (exact) mass is 532 g/mol. The summed E-state index contributed by atoms with van der Waals surface area (Å²) >= 11 is 0. The van der Waals surface area contributed by atoms with Crippen molar-refractivity contribution in [2.24, 2.45) is 0 Å². The lowest BCUT2D eigenvalue weighted by Crippen LogP contribution is -2.53. The van der Waals surface area contributed by atoms with Crippen molar-refractivity contribution in [1.82, 2.24) is 10.2 Å². The summed E-state index contributed by atoms with van der Waals surface area (Å²) in [5.41, 5.74) is 1.19. The van der Waals surface area contributed by atoms with Crippen LogP contribution >= 0.6 is 0 Å². The Morgan fingerprint density at radius 1 is 1.11 bits per heavy atom. The van der Waals surface area contributed by atoms with Crippen molar-refractivity contribution in [3.05, 3.63) is 69.8 Å². The predicted molar refractivity (Wildman–Crippen MR) is 144 cm³/mol. The topological polar surface area (TPSA) is 130 Å². The average Bonchev–Trinajstić information content (AvgIpc) is 2.85. The lowest BCUT2D eigenvalue weighted by Gasteiger charge is -2.33. The second-order valence-corrected chi connectivity index (χ2v) is 10.8. The molecule has 10 nitrogen and oxygen atoms in total. The molecule has 2 aromatic rings. The van der Waals surface area contributed by atoms with E-state index >= 15 is 0 Å². The highest BCUT2D eigenvalue weighted by Gasteiger charge is 2.32. The van der Waals surface area contributed by atoms with Gasteiger partial charge in [0, 0.05) is 25.2 Å². The fraction of sp³-hybridized carbons (Fsp3) is 0.462. The predicted octanol–water partition coefficient (Wildman–Crippen LogP) is 3.44. The number of carbonyl (C=O) groups is 2. The zero-order chi connectivity index (χ0) is 27.6. The largest absolute Gasteiger partial charge is 0.354 e. The van der Waals surface area contributed by atoms with E-state index in [0.29, 0.717) is 24.9 Å². The Labute approximate surface area is 218 Å². The third-order valence-electron chi connectivity index (χ3n) is 6.05. The number of carbonyl (C=O) groups excluding carboxylic acids is 2. The summed E-state index contributed by atoms with van der Waals surface area (Å²) in [6.07, 6.45) is 3.46. The van der Waals surface area contributed by atoms with Crippen LogP contribution in [0.25, 0.3) is 0 Å². The molecule has 0 heterocycles. The molecule has 11 heteroatoms. The van der Waals surface area contributed by atoms with Crippen molar-refractivity contribution in [3.63, 3.8) is 0 Å². The number of hydrogen-bond acceptors (Lipinski definition) is 6. The Kier molecular flexibility index (Phi) is 11.0. The van der Waals surface area contributed by atoms with Crippen LogP contribution in [0.3, 0.4) is 0 Å². The number of rotatable bonds is 14. The molecule has 37 heavy (non-hydrogen) atoms. The van der Waals surface area contributed by atoms with Crippen LogP contribution in [0.2, 0.25) is 0 Å². The molecule has 1 atom stereocenters. The van der Waals surface area contributed by atoms with Gasteiger partial charge >= 0.3 is 0 Å². The average molecular weight is 533 g/mol. The molecule has 0 aliphatic rings. The van der Waals surface area contributed by atoms with Crippen molar-refractivity contribution in [2.45, 2.75) is 52.5 Å². The van der Waals surface area contributed by atoms with E-state index in [2.05, 4.69) is 5.32 Å². The number of anilines is 1. The molecule has 0 unspecified atom stereocenters. The Morgan fingerprint density at radius 3 is 2.35 bits per heavy atom. The van der Waals surface area contributed by atoms with E-state index in [1.54, 1.807) is 13.8 Å². The van der Waals surface area contributed by atoms with E-state index in [4.69, 9.17) is 0 Å². The first-order valence-electron chi connectivity index (χ1n) is 12.3. The fourth-order valence-electron chi connectivity index (χ4n) is 3.98. The van der Waals surface area contributed by atoms with Crippen LogP contribution in [-0.2, 0) is 26.0 Å². The van der Waals surface area contributed by atoms with Gasteiger partial charge in [-0.2, -0.15) is 0 Å². The van der Waals surface area contributed by atoms with Crippen LogP contribution in [0.1, 0.15) is 44.2 Å². The summed E-state index contributed by atoms with van der Waals surface area (Å²) in [4.78, 5) is 38.8. The second kappa shape index (κ2) is 13.7. The van der Waals surface area contributed by atoms with Gasteiger partial charge in [0.05, 0.1) is 16.9 Å². The maximum atomic E-state index is 13.7. The maximum absolute atomic E-state index is 13.7. The number of aryl methyl sites for hydroxylation is 1. The summed E-state index contributed by atoms with van der Waals surface area (Å²) in [5, 5.41) is 14.2. The zero-order valence-corrected chi connectivity index (χ0v) is 22.7. The van der Waals surface area contributed by atoms with Crippen LogP contribution in [0, 0.1) is 17.0 Å². The summed E-state index contributed by atoms with van der Waals surface area (Å²) in [6.45, 7) is 5.52. The molecule has 0 saturated heterocycles. The molecule has 0 aliphatic heterocycles. The molecule has 0 fully saturated rings. The highest BCUT2D eigenvalue weighted by molar-refractivity contribution is 7.92. The molecule has 0 bridgehead atoms. The molecule has 2 rings (SSSR count). The molecular weight excluding hydrogens is 496 g/mol. The Morgan fingerprint density at radius 2 is 1.78 bits per heavy atom. The molecule has 0 spiro atoms. The summed E-state index contributed by atoms with van der Waals surface area (Å²) in [7, 11) is -3.99. The number of non-ortho nitro benzene ring substituents is 1. The van der Waals surface area contributed by atoms with Crippen LogP contribution < -0.4 is 9.62 Å². The van der Waals surface area contributed by atoms with Crippen molar-refractivity contribution in [1.29, 1.82) is 0 Å². The van der Waals surface area contributed by atoms with Crippen LogP contribution in [-0.4, -0.2) is 62.0 Å². The molecule has 1 N–H and O–H groups in total. The third-order valence-corrected chi connectivity index (χ3v) is 7.18. The van der Waals surface area contributed by atoms with Crippen LogP contribution in [0.5, 0.6) is 0 Å². The van der Waals surface area contributed by atoms with E-state index in [-0.39, 0.29) is 23.8 Å². The molecule has 0 saturated carbocycles. The molecule has 202 valence electrons. The molecule has 0 aromatic heterocycles. The van der Waals surface area contributed by atoms with E-state index in [1.165, 1.54) is 17.0 Å². The van der Waals surface area contributed by atoms with Crippen molar-refractivity contribution in [3.8, 4) is 0 Å². The first-order chi connectivity index (χ1) is 17.5. The summed E-state index contributed by atoms with van der Waals surface area (Å²) in [6, 6.07) is 12.6. The lowest BCUT2D eigenvalue weighted by molar-refractivity contribution is -0.384. The van der Waals surface area contributed by atoms with Gasteiger partial charge in [0.2, 0.25) is 21.8 Å². The molecule has 2 amide bonds. The number of hydrogen-bond donors (Lipinski definition) is 1. The maximum Gasteiger partial charge on any atom is 0.271 e. The Balaban J connectivity index is 2.42. The van der Waals surface area contributed by atoms with E-state index in [0.717, 1.165) is 35.0 Å². The first-order valence-corrected chi connectivity index (χ1v) is 14.2. The standard InChI is InChI=1S/C26H36N4O6S/c1-5-7-16-27-26(32)23(6-2)28(17-15-21-11-9-8-10-12-21)25(31)19-29(37(4,35)36)24-18-22(30(33)34)14-13-20(24)3/h8-14,18,23H,5-7,15-17,19H2,1-4H3,(H,27,32)/t23-/m1/s1. The number of nitro benzene ring substituents is 1. The number of amides is 2. The molecular formula is C26H36N4O6S. The van der Waals surface area contributed by atoms with Gasteiger partial charge in [0.1, 0.15) is 12.6 Å². The number of unbranched alkanes of at least 4 members (excludes halogenated alkanes) is 1. The third kappa shape index (κ3) is 8.56. The highest BCUT2D eigenvalue weighted by Crippen LogP contribution is 2.27. The molecule has 0 aliphatic carbocycles. The minimum Gasteiger partial charge on any atom is -0.354 e. The fourth-order valence-corrected chi connectivity index (χ4v) is 4.88. The minimum absolute atomic E-state index is 0.0495. The van der Waals surface area contributed by atoms with Gasteiger partial charge in [-0.15, -0.1) is 0 Å². The van der Waals surface area contributed by atoms with Gasteiger partial charge in [-0.3, -0.25) is 24.0 Å². The normalized spacial score (nSPS) is 12.0. The SMILES string of the molecule is CCCCNC(=O)[C@@H](CC)N(CCc1ccccc1)C(=O)CN(c1cc([N+](=O)[O-])ccc1C)S(C)(=O)=O. The van der Waals surface area contributed by atoms with Gasteiger partial charge in [-0.25, -0.2) is 8.42 Å². The number of nitro groups is 1. The first kappa shape index (κ1) is 29.8. The van der Waals surface area contributed by atoms with Gasteiger partial charge in [0.15, 0.2) is 0 Å². The van der Waals surface area contributed by atoms with E-state index in [1.807, 2.05) is 37.3 Å². The van der Waals surface area contributed by atoms with Gasteiger partial charge in [-0.1, -0.05) is 56.7 Å². The lowest BCUT2D eigenvalue weighted by atomic mass is 10.1. The van der Waals surface area contributed by atoms with Crippen molar-refractivity contribution < 1.29 is 22.9 Å². The van der Waals surface area contributed by atoms with Crippen molar-refractivity contribution in [2.75, 3.05) is 30.2 Å². The quantitative estimate of drug-likeness (QED) is 0.225. The smallest absolute Gasteiger partial charge is 0.271 e. The van der Waals surface area contributed by atoms with E-state index in [9.17, 15) is 28.1 Å². The van der Waals surface area contributed by atoms with Crippen molar-refractivity contribution >= 4 is 33.2 Å².